The molecule has 5 nitrogen and oxygen atoms in total. The van der Waals surface area contributed by atoms with Crippen LogP contribution >= 0.6 is 11.8 Å². The number of carbonyl (C=O) groups is 1. The number of ether oxygens (including phenoxy) is 1. The van der Waals surface area contributed by atoms with E-state index in [1.807, 2.05) is 18.2 Å². The Morgan fingerprint density at radius 1 is 1.33 bits per heavy atom. The van der Waals surface area contributed by atoms with Gasteiger partial charge in [-0.1, -0.05) is 25.5 Å². The van der Waals surface area contributed by atoms with Gasteiger partial charge in [0, 0.05) is 10.5 Å². The number of nitrogens with one attached hydrogen (secondary N) is 1. The largest absolute Gasteiger partial charge is 0.461 e. The molecule has 21 heavy (non-hydrogen) atoms. The number of hydrogen-bond donors (Lipinski definition) is 1. The third-order valence-electron chi connectivity index (χ3n) is 2.89. The molecule has 0 aliphatic carbocycles. The number of carbonyl (C=O) groups excluding carboxylic acids is 1. The van der Waals surface area contributed by atoms with Crippen molar-refractivity contribution in [1.82, 2.24) is 15.4 Å². The lowest BCUT2D eigenvalue weighted by molar-refractivity contribution is 0.0520. The maximum atomic E-state index is 11.8. The molecule has 1 aromatic carbocycles. The molecule has 1 heterocycles. The van der Waals surface area contributed by atoms with Gasteiger partial charge in [0.05, 0.1) is 6.61 Å². The molecular formula is C15H19N3O2S. The summed E-state index contributed by atoms with van der Waals surface area (Å²) in [5, 5.41) is 10.5. The van der Waals surface area contributed by atoms with Crippen molar-refractivity contribution < 1.29 is 9.53 Å². The van der Waals surface area contributed by atoms with Crippen molar-refractivity contribution in [2.24, 2.45) is 0 Å². The zero-order valence-electron chi connectivity index (χ0n) is 12.3. The predicted octanol–water partition coefficient (Wildman–Crippen LogP) is 3.54. The topological polar surface area (TPSA) is 67.9 Å². The fourth-order valence-electron chi connectivity index (χ4n) is 1.84. The molecule has 0 bridgehead atoms. The second kappa shape index (κ2) is 7.83. The maximum absolute atomic E-state index is 11.8. The van der Waals surface area contributed by atoms with Crippen LogP contribution in [0.2, 0.25) is 0 Å². The van der Waals surface area contributed by atoms with Crippen molar-refractivity contribution in [3.63, 3.8) is 0 Å². The number of aromatic amines is 1. The lowest BCUT2D eigenvalue weighted by atomic mass is 10.1. The summed E-state index contributed by atoms with van der Waals surface area (Å²) >= 11 is 1.81. The van der Waals surface area contributed by atoms with E-state index in [0.717, 1.165) is 11.3 Å². The number of rotatable bonds is 7. The standard InChI is InChI=1S/C15H19N3O2S/c1-3-5-9-21-12-8-6-7-11(10-12)13-14(17-18-16-13)15(19)20-4-2/h6-8,10H,3-5,9H2,1-2H3,(H,16,17,18). The molecule has 2 rings (SSSR count). The summed E-state index contributed by atoms with van der Waals surface area (Å²) < 4.78 is 4.99. The second-order valence-corrected chi connectivity index (χ2v) is 5.64. The summed E-state index contributed by atoms with van der Waals surface area (Å²) in [4.78, 5) is 13.0. The Balaban J connectivity index is 2.20. The van der Waals surface area contributed by atoms with E-state index in [9.17, 15) is 4.79 Å². The highest BCUT2D eigenvalue weighted by molar-refractivity contribution is 7.99. The van der Waals surface area contributed by atoms with Crippen LogP contribution in [-0.4, -0.2) is 33.7 Å². The van der Waals surface area contributed by atoms with Gasteiger partial charge in [0.1, 0.15) is 5.69 Å². The Hall–Kier alpha value is -1.82. The van der Waals surface area contributed by atoms with Crippen LogP contribution in [0.4, 0.5) is 0 Å². The molecule has 0 aliphatic rings. The van der Waals surface area contributed by atoms with Gasteiger partial charge in [-0.05, 0) is 31.2 Å². The van der Waals surface area contributed by atoms with E-state index in [1.54, 1.807) is 18.7 Å². The Morgan fingerprint density at radius 2 is 2.19 bits per heavy atom. The van der Waals surface area contributed by atoms with E-state index in [2.05, 4.69) is 28.4 Å². The van der Waals surface area contributed by atoms with Crippen LogP contribution in [0.15, 0.2) is 29.2 Å². The molecule has 0 radical (unpaired) electrons. The summed E-state index contributed by atoms with van der Waals surface area (Å²) in [6.45, 7) is 4.26. The first kappa shape index (κ1) is 15.6. The summed E-state index contributed by atoms with van der Waals surface area (Å²) in [5.41, 5.74) is 1.63. The second-order valence-electron chi connectivity index (χ2n) is 4.47. The van der Waals surface area contributed by atoms with E-state index in [1.165, 1.54) is 17.7 Å². The van der Waals surface area contributed by atoms with Crippen molar-refractivity contribution >= 4 is 17.7 Å². The molecule has 0 unspecified atom stereocenters. The average Bonchev–Trinajstić information content (AvgIpc) is 2.98. The molecular weight excluding hydrogens is 286 g/mol. The van der Waals surface area contributed by atoms with E-state index in [0.29, 0.717) is 12.3 Å². The van der Waals surface area contributed by atoms with Crippen LogP contribution in [0.25, 0.3) is 11.3 Å². The molecule has 0 amide bonds. The number of unbranched alkanes of at least 4 members (excludes halogenated alkanes) is 1. The molecule has 1 N–H and O–H groups in total. The summed E-state index contributed by atoms with van der Waals surface area (Å²) in [5.74, 6) is 0.633. The van der Waals surface area contributed by atoms with Gasteiger partial charge in [-0.25, -0.2) is 4.79 Å². The average molecular weight is 305 g/mol. The van der Waals surface area contributed by atoms with Crippen LogP contribution in [0.1, 0.15) is 37.2 Å². The SMILES string of the molecule is CCCCSc1cccc(-c2n[nH]nc2C(=O)OCC)c1. The normalized spacial score (nSPS) is 10.6. The molecule has 0 atom stereocenters. The fraction of sp³-hybridized carbons (Fsp3) is 0.400. The van der Waals surface area contributed by atoms with Gasteiger partial charge in [0.25, 0.3) is 0 Å². The number of benzene rings is 1. The predicted molar refractivity (Wildman–Crippen MR) is 83.4 cm³/mol. The number of nitrogens with zero attached hydrogens (tertiary/aromatic N) is 2. The van der Waals surface area contributed by atoms with Gasteiger partial charge in [-0.15, -0.1) is 16.9 Å². The van der Waals surface area contributed by atoms with Crippen LogP contribution in [-0.2, 0) is 4.74 Å². The zero-order valence-corrected chi connectivity index (χ0v) is 13.1. The Labute approximate surface area is 128 Å². The van der Waals surface area contributed by atoms with Crippen LogP contribution in [0.3, 0.4) is 0 Å². The number of H-pyrrole nitrogens is 1. The molecule has 6 heteroatoms. The van der Waals surface area contributed by atoms with Crippen molar-refractivity contribution in [3.05, 3.63) is 30.0 Å². The number of thioether (sulfide) groups is 1. The molecule has 0 saturated heterocycles. The fourth-order valence-corrected chi connectivity index (χ4v) is 2.90. The minimum absolute atomic E-state index is 0.229. The summed E-state index contributed by atoms with van der Waals surface area (Å²) in [6, 6.07) is 7.98. The monoisotopic (exact) mass is 305 g/mol. The third kappa shape index (κ3) is 4.07. The van der Waals surface area contributed by atoms with E-state index in [-0.39, 0.29) is 5.69 Å². The minimum atomic E-state index is -0.453. The van der Waals surface area contributed by atoms with Crippen molar-refractivity contribution in [3.8, 4) is 11.3 Å². The van der Waals surface area contributed by atoms with Gasteiger partial charge in [-0.3, -0.25) is 0 Å². The Bertz CT molecular complexity index is 598. The first-order chi connectivity index (χ1) is 10.3. The van der Waals surface area contributed by atoms with Crippen LogP contribution in [0.5, 0.6) is 0 Å². The first-order valence-corrected chi connectivity index (χ1v) is 8.06. The number of esters is 1. The minimum Gasteiger partial charge on any atom is -0.461 e. The lowest BCUT2D eigenvalue weighted by Crippen LogP contribution is -2.06. The van der Waals surface area contributed by atoms with Crippen LogP contribution in [0, 0.1) is 0 Å². The smallest absolute Gasteiger partial charge is 0.361 e. The highest BCUT2D eigenvalue weighted by atomic mass is 32.2. The quantitative estimate of drug-likeness (QED) is 0.481. The third-order valence-corrected chi connectivity index (χ3v) is 3.97. The first-order valence-electron chi connectivity index (χ1n) is 7.07. The Kier molecular flexibility index (Phi) is 5.80. The van der Waals surface area contributed by atoms with Crippen molar-refractivity contribution in [2.75, 3.05) is 12.4 Å². The van der Waals surface area contributed by atoms with E-state index < -0.39 is 5.97 Å². The summed E-state index contributed by atoms with van der Waals surface area (Å²) in [7, 11) is 0. The zero-order chi connectivity index (χ0) is 15.1. The number of aromatic nitrogens is 3. The van der Waals surface area contributed by atoms with Crippen molar-refractivity contribution in [1.29, 1.82) is 0 Å². The van der Waals surface area contributed by atoms with Gasteiger partial charge < -0.3 is 4.74 Å². The highest BCUT2D eigenvalue weighted by Crippen LogP contribution is 2.26. The van der Waals surface area contributed by atoms with Gasteiger partial charge in [0.15, 0.2) is 5.69 Å². The van der Waals surface area contributed by atoms with Gasteiger partial charge >= 0.3 is 5.97 Å². The highest BCUT2D eigenvalue weighted by Gasteiger charge is 2.19. The van der Waals surface area contributed by atoms with Crippen molar-refractivity contribution in [2.45, 2.75) is 31.6 Å². The molecule has 0 fully saturated rings. The van der Waals surface area contributed by atoms with E-state index >= 15 is 0 Å². The molecule has 0 saturated carbocycles. The molecule has 2 aromatic rings. The summed E-state index contributed by atoms with van der Waals surface area (Å²) in [6.07, 6.45) is 2.37. The Morgan fingerprint density at radius 3 is 2.95 bits per heavy atom. The van der Waals surface area contributed by atoms with E-state index in [4.69, 9.17) is 4.74 Å². The number of hydrogen-bond acceptors (Lipinski definition) is 5. The maximum Gasteiger partial charge on any atom is 0.361 e. The lowest BCUT2D eigenvalue weighted by Gasteiger charge is -2.04. The molecule has 0 spiro atoms. The molecule has 1 aromatic heterocycles. The van der Waals surface area contributed by atoms with Gasteiger partial charge in [-0.2, -0.15) is 10.3 Å². The van der Waals surface area contributed by atoms with Gasteiger partial charge in [0.2, 0.25) is 0 Å². The molecule has 112 valence electrons. The van der Waals surface area contributed by atoms with Crippen LogP contribution < -0.4 is 0 Å². The molecule has 0 aliphatic heterocycles.